The quantitative estimate of drug-likeness (QED) is 0.0583. The molecule has 0 bridgehead atoms. The Bertz CT molecular complexity index is 1120. The van der Waals surface area contributed by atoms with E-state index in [-0.39, 0.29) is 94.4 Å². The smallest absolute Gasteiger partial charge is 0.353 e. The van der Waals surface area contributed by atoms with Crippen LogP contribution in [0.5, 0.6) is 0 Å². The van der Waals surface area contributed by atoms with Gasteiger partial charge in [-0.05, 0) is 9.98 Å². The van der Waals surface area contributed by atoms with E-state index < -0.39 is 75.5 Å². The van der Waals surface area contributed by atoms with Crippen molar-refractivity contribution in [2.45, 2.75) is 94.5 Å². The van der Waals surface area contributed by atoms with Gasteiger partial charge in [-0.1, -0.05) is 34.6 Å². The molecular formula is C28H54N8O15+2. The molecule has 2 aliphatic heterocycles. The van der Waals surface area contributed by atoms with Crippen LogP contribution in [0.25, 0.3) is 0 Å². The first-order chi connectivity index (χ1) is 24.0. The summed E-state index contributed by atoms with van der Waals surface area (Å²) < 4.78 is 0. The summed E-state index contributed by atoms with van der Waals surface area (Å²) in [7, 11) is 0. The van der Waals surface area contributed by atoms with Crippen molar-refractivity contribution >= 4 is 0 Å². The molecule has 2 fully saturated rings. The number of rotatable bonds is 26. The summed E-state index contributed by atoms with van der Waals surface area (Å²) in [6.45, 7) is 3.36. The molecule has 23 nitrogen and oxygen atoms in total. The molecule has 3 N–H and O–H groups in total. The topological polar surface area (TPSA) is 277 Å². The lowest BCUT2D eigenvalue weighted by Crippen LogP contribution is -2.62. The number of hydrogen-bond donors (Lipinski definition) is 3. The predicted molar refractivity (Wildman–Crippen MR) is 173 cm³/mol. The summed E-state index contributed by atoms with van der Waals surface area (Å²) >= 11 is 0. The maximum absolute atomic E-state index is 13.2. The fraction of sp³-hybridized carbons (Fsp3) is 1.00. The van der Waals surface area contributed by atoms with E-state index in [2.05, 4.69) is 0 Å². The van der Waals surface area contributed by atoms with Crippen LogP contribution in [0.15, 0.2) is 0 Å². The van der Waals surface area contributed by atoms with Gasteiger partial charge in [0.2, 0.25) is 0 Å². The third-order valence-electron chi connectivity index (χ3n) is 10.9. The number of aliphatic hydroxyl groups excluding tert-OH is 3. The highest BCUT2D eigenvalue weighted by atomic mass is 17.3. The van der Waals surface area contributed by atoms with Gasteiger partial charge >= 0.3 is 11.2 Å². The van der Waals surface area contributed by atoms with E-state index >= 15 is 0 Å². The van der Waals surface area contributed by atoms with Gasteiger partial charge < -0.3 is 15.3 Å². The van der Waals surface area contributed by atoms with Gasteiger partial charge in [0, 0.05) is 73.1 Å². The van der Waals surface area contributed by atoms with Crippen molar-refractivity contribution in [1.29, 1.82) is 0 Å². The van der Waals surface area contributed by atoms with Gasteiger partial charge in [0.15, 0.2) is 13.2 Å². The van der Waals surface area contributed by atoms with E-state index in [1.807, 2.05) is 0 Å². The Labute approximate surface area is 294 Å². The molecule has 0 aromatic rings. The van der Waals surface area contributed by atoms with E-state index in [9.17, 15) is 55.5 Å². The van der Waals surface area contributed by atoms with Crippen LogP contribution in [0.4, 0.5) is 0 Å². The molecule has 2 rings (SSSR count). The molecule has 23 heteroatoms. The van der Waals surface area contributed by atoms with E-state index in [0.717, 1.165) is 0 Å². The molecule has 2 heterocycles. The van der Waals surface area contributed by atoms with Gasteiger partial charge in [0.05, 0.1) is 36.0 Å². The molecule has 0 amide bonds. The van der Waals surface area contributed by atoms with Gasteiger partial charge in [0.25, 0.3) is 26.5 Å². The van der Waals surface area contributed by atoms with Crippen LogP contribution in [-0.4, -0.2) is 168 Å². The van der Waals surface area contributed by atoms with Crippen LogP contribution < -0.4 is 0 Å². The zero-order chi connectivity index (χ0) is 38.7. The lowest BCUT2D eigenvalue weighted by Gasteiger charge is -2.37. The lowest BCUT2D eigenvalue weighted by atomic mass is 9.93. The van der Waals surface area contributed by atoms with Crippen molar-refractivity contribution in [3.05, 3.63) is 40.2 Å². The van der Waals surface area contributed by atoms with E-state index in [4.69, 9.17) is 19.8 Å². The van der Waals surface area contributed by atoms with Gasteiger partial charge in [-0.2, -0.15) is 0 Å². The molecule has 0 aromatic heterocycles. The molecule has 2 aliphatic rings. The average Bonchev–Trinajstić information content (AvgIpc) is 3.68. The third kappa shape index (κ3) is 9.19. The maximum Gasteiger partial charge on any atom is 0.353 e. The monoisotopic (exact) mass is 742 g/mol. The SMILES string of the molecule is CCC(CO)(CN(CCN(CCN(CC(CC)(CO)[N+](=O)[O-])CC1(CC)COO[N+]1=O)C1(CC)COO[N+]1=O)CC(CC)(CO)[N+](=O)[O-])[N+](=O)[O-]. The summed E-state index contributed by atoms with van der Waals surface area (Å²) in [5.41, 5.74) is -8.38. The van der Waals surface area contributed by atoms with Crippen LogP contribution in [0.3, 0.4) is 0 Å². The van der Waals surface area contributed by atoms with E-state index in [1.54, 1.807) is 30.6 Å². The highest BCUT2D eigenvalue weighted by Crippen LogP contribution is 2.30. The van der Waals surface area contributed by atoms with Crippen molar-refractivity contribution in [2.24, 2.45) is 0 Å². The summed E-state index contributed by atoms with van der Waals surface area (Å²) in [4.78, 5) is 85.3. The molecule has 0 aliphatic carbocycles. The Hall–Kier alpha value is -3.32. The fourth-order valence-electron chi connectivity index (χ4n) is 6.41. The van der Waals surface area contributed by atoms with Crippen LogP contribution in [0.1, 0.15) is 66.7 Å². The first kappa shape index (κ1) is 43.8. The Morgan fingerprint density at radius 3 is 1.37 bits per heavy atom. The predicted octanol–water partition coefficient (Wildman–Crippen LogP) is -0.288. The third-order valence-corrected chi connectivity index (χ3v) is 10.9. The summed E-state index contributed by atoms with van der Waals surface area (Å²) in [5, 5.41) is 67.0. The summed E-state index contributed by atoms with van der Waals surface area (Å²) in [6, 6.07) is 0. The second kappa shape index (κ2) is 18.4. The van der Waals surface area contributed by atoms with E-state index in [0.29, 0.717) is 0 Å². The maximum atomic E-state index is 13.2. The fourth-order valence-corrected chi connectivity index (χ4v) is 6.41. The van der Waals surface area contributed by atoms with Crippen LogP contribution >= 0.6 is 0 Å². The highest BCUT2D eigenvalue weighted by molar-refractivity contribution is 4.91. The van der Waals surface area contributed by atoms with Gasteiger partial charge in [-0.15, -0.1) is 9.78 Å². The zero-order valence-electron chi connectivity index (χ0n) is 30.0. The first-order valence-corrected chi connectivity index (χ1v) is 17.0. The lowest BCUT2D eigenvalue weighted by molar-refractivity contribution is -0.890. The number of nitro groups is 3. The zero-order valence-corrected chi connectivity index (χ0v) is 30.0. The molecule has 5 atom stereocenters. The normalized spacial score (nSPS) is 24.3. The molecule has 0 saturated carbocycles. The Morgan fingerprint density at radius 1 is 0.647 bits per heavy atom. The Morgan fingerprint density at radius 2 is 1.06 bits per heavy atom. The van der Waals surface area contributed by atoms with Crippen LogP contribution in [0.2, 0.25) is 0 Å². The Kier molecular flexibility index (Phi) is 15.9. The Balaban J connectivity index is 2.58. The summed E-state index contributed by atoms with van der Waals surface area (Å²) in [6.07, 6.45) is 0.0278. The van der Waals surface area contributed by atoms with Crippen molar-refractivity contribution in [3.63, 3.8) is 0 Å². The second-order valence-corrected chi connectivity index (χ2v) is 13.5. The molecule has 51 heavy (non-hydrogen) atoms. The van der Waals surface area contributed by atoms with Crippen LogP contribution in [-0.2, 0) is 19.8 Å². The largest absolute Gasteiger partial charge is 0.389 e. The van der Waals surface area contributed by atoms with Crippen molar-refractivity contribution < 1.29 is 59.7 Å². The van der Waals surface area contributed by atoms with Crippen LogP contribution in [0, 0.1) is 40.2 Å². The van der Waals surface area contributed by atoms with Gasteiger partial charge in [0.1, 0.15) is 19.8 Å². The number of hydrogen-bond acceptors (Lipinski definition) is 18. The molecule has 0 spiro atoms. The highest BCUT2D eigenvalue weighted by Gasteiger charge is 2.61. The molecule has 0 radical (unpaired) electrons. The average molecular weight is 743 g/mol. The van der Waals surface area contributed by atoms with Gasteiger partial charge in [-0.3, -0.25) is 40.1 Å². The summed E-state index contributed by atoms with van der Waals surface area (Å²) in [5.74, 6) is 0. The molecule has 0 aromatic carbocycles. The molecule has 294 valence electrons. The second-order valence-electron chi connectivity index (χ2n) is 13.5. The van der Waals surface area contributed by atoms with Crippen molar-refractivity contribution in [2.75, 3.05) is 85.4 Å². The minimum Gasteiger partial charge on any atom is -0.389 e. The molecule has 2 saturated heterocycles. The number of aliphatic hydroxyl groups is 3. The standard InChI is InChI=1S/C28H54N8O15/c1-6-24(19-37,32(40)41)15-29(16-25(7-2,20-38)33(42)43)11-13-31(28(10-5)23-49-51-36(28)47)14-12-30(17-26(8-3,21-39)34(44)45)18-27(9-4)22-48-50-35(27)46/h37-39H,6-23H2,1-5H3/q+2. The minimum atomic E-state index is -1.90. The number of nitrogens with zero attached hydrogens (tertiary/aromatic N) is 8. The van der Waals surface area contributed by atoms with E-state index in [1.165, 1.54) is 18.7 Å². The molecule has 5 unspecified atom stereocenters. The van der Waals surface area contributed by atoms with Crippen molar-refractivity contribution in [1.82, 2.24) is 14.7 Å². The molecular weight excluding hydrogens is 688 g/mol. The first-order valence-electron chi connectivity index (χ1n) is 17.0. The van der Waals surface area contributed by atoms with Crippen molar-refractivity contribution in [3.8, 4) is 0 Å². The minimum absolute atomic E-state index is 0.0321. The van der Waals surface area contributed by atoms with Gasteiger partial charge in [-0.25, -0.2) is 4.90 Å².